The van der Waals surface area contributed by atoms with Gasteiger partial charge in [0.1, 0.15) is 0 Å². The molecule has 0 saturated carbocycles. The summed E-state index contributed by atoms with van der Waals surface area (Å²) in [6, 6.07) is 29.5. The van der Waals surface area contributed by atoms with Crippen LogP contribution in [0, 0.1) is 0 Å². The molecule has 0 bridgehead atoms. The lowest BCUT2D eigenvalue weighted by atomic mass is 10.1. The van der Waals surface area contributed by atoms with E-state index in [-0.39, 0.29) is 5.91 Å². The van der Waals surface area contributed by atoms with Crippen molar-refractivity contribution in [3.63, 3.8) is 0 Å². The van der Waals surface area contributed by atoms with Crippen LogP contribution in [0.5, 0.6) is 0 Å². The molecule has 1 aromatic heterocycles. The minimum absolute atomic E-state index is 0.0717. The molecular weight excluding hydrogens is 514 g/mol. The molecule has 0 aliphatic rings. The first-order valence-electron chi connectivity index (χ1n) is 14.6. The van der Waals surface area contributed by atoms with Gasteiger partial charge in [-0.3, -0.25) is 4.79 Å². The molecule has 0 unspecified atom stereocenters. The van der Waals surface area contributed by atoms with Gasteiger partial charge in [0.25, 0.3) is 0 Å². The first kappa shape index (κ1) is 30.5. The summed E-state index contributed by atoms with van der Waals surface area (Å²) in [5, 5.41) is 7.67. The summed E-state index contributed by atoms with van der Waals surface area (Å²) in [5.41, 5.74) is 5.11. The monoisotopic (exact) mass is 557 g/mol. The predicted molar refractivity (Wildman–Crippen MR) is 164 cm³/mol. The van der Waals surface area contributed by atoms with Crippen molar-refractivity contribution in [2.24, 2.45) is 0 Å². The third kappa shape index (κ3) is 11.1. The molecule has 7 heteroatoms. The van der Waals surface area contributed by atoms with E-state index >= 15 is 0 Å². The van der Waals surface area contributed by atoms with Gasteiger partial charge in [0, 0.05) is 49.7 Å². The molecule has 1 amide bonds. The maximum atomic E-state index is 11.9. The zero-order valence-electron chi connectivity index (χ0n) is 23.9. The van der Waals surface area contributed by atoms with Gasteiger partial charge >= 0.3 is 0 Å². The van der Waals surface area contributed by atoms with Crippen molar-refractivity contribution in [1.82, 2.24) is 15.2 Å². The Morgan fingerprint density at radius 3 is 2.07 bits per heavy atom. The second kappa shape index (κ2) is 18.0. The Kier molecular flexibility index (Phi) is 13.4. The van der Waals surface area contributed by atoms with Crippen LogP contribution in [0.1, 0.15) is 29.5 Å². The lowest BCUT2D eigenvalue weighted by molar-refractivity contribution is -0.121. The lowest BCUT2D eigenvalue weighted by Crippen LogP contribution is -2.27. The summed E-state index contributed by atoms with van der Waals surface area (Å²) in [4.78, 5) is 11.9. The number of benzene rings is 3. The van der Waals surface area contributed by atoms with Crippen molar-refractivity contribution in [3.05, 3.63) is 108 Å². The van der Waals surface area contributed by atoms with E-state index in [0.29, 0.717) is 52.6 Å². The normalized spacial score (nSPS) is 11.2. The summed E-state index contributed by atoms with van der Waals surface area (Å²) >= 11 is 0. The Labute approximate surface area is 243 Å². The molecule has 4 rings (SSSR count). The number of hydrogen-bond acceptors (Lipinski definition) is 5. The summed E-state index contributed by atoms with van der Waals surface area (Å²) in [5.74, 6) is 0.0717. The molecule has 0 spiro atoms. The summed E-state index contributed by atoms with van der Waals surface area (Å²) in [6.07, 6.45) is 4.48. The second-order valence-electron chi connectivity index (χ2n) is 9.98. The van der Waals surface area contributed by atoms with Gasteiger partial charge in [-0.25, -0.2) is 0 Å². The van der Waals surface area contributed by atoms with Crippen LogP contribution in [-0.2, 0) is 38.5 Å². The van der Waals surface area contributed by atoms with E-state index in [4.69, 9.17) is 14.2 Å². The Morgan fingerprint density at radius 2 is 1.34 bits per heavy atom. The molecule has 0 radical (unpaired) electrons. The average molecular weight is 558 g/mol. The molecule has 3 aromatic carbocycles. The highest BCUT2D eigenvalue weighted by Crippen LogP contribution is 2.21. The van der Waals surface area contributed by atoms with Crippen molar-refractivity contribution in [2.45, 2.75) is 32.4 Å². The van der Waals surface area contributed by atoms with Crippen LogP contribution >= 0.6 is 0 Å². The quantitative estimate of drug-likeness (QED) is 0.150. The third-order valence-electron chi connectivity index (χ3n) is 6.86. The molecular formula is C34H43N3O4. The molecule has 0 saturated heterocycles. The van der Waals surface area contributed by atoms with Crippen LogP contribution in [0.3, 0.4) is 0 Å². The van der Waals surface area contributed by atoms with E-state index < -0.39 is 0 Å². The standard InChI is InChI=1S/C34H43N3O4/c38-34(16-7-13-29-9-3-1-4-10-29)36-19-22-40-24-26-41-25-23-39-21-18-35-27-31-14-8-15-33-32(31)17-20-37(33)28-30-11-5-2-6-12-30/h1-6,8-12,14-15,17,20,35H,7,13,16,18-19,21-28H2,(H,36,38). The molecule has 2 N–H and O–H groups in total. The topological polar surface area (TPSA) is 73.8 Å². The predicted octanol–water partition coefficient (Wildman–Crippen LogP) is 4.97. The highest BCUT2D eigenvalue weighted by atomic mass is 16.5. The third-order valence-corrected chi connectivity index (χ3v) is 6.86. The number of aromatic nitrogens is 1. The SMILES string of the molecule is O=C(CCCc1ccccc1)NCCOCCOCCOCCNCc1cccc2c1ccn2Cc1ccccc1. The zero-order valence-corrected chi connectivity index (χ0v) is 23.9. The number of carbonyl (C=O) groups is 1. The van der Waals surface area contributed by atoms with Gasteiger partial charge in [0.2, 0.25) is 5.91 Å². The van der Waals surface area contributed by atoms with E-state index in [9.17, 15) is 4.79 Å². The van der Waals surface area contributed by atoms with Crippen LogP contribution in [-0.4, -0.2) is 63.2 Å². The van der Waals surface area contributed by atoms with Gasteiger partial charge in [-0.15, -0.1) is 0 Å². The minimum Gasteiger partial charge on any atom is -0.378 e. The Balaban J connectivity index is 0.953. The fraction of sp³-hybridized carbons (Fsp3) is 0.382. The summed E-state index contributed by atoms with van der Waals surface area (Å²) in [7, 11) is 0. The molecule has 41 heavy (non-hydrogen) atoms. The number of ether oxygens (including phenoxy) is 3. The number of amides is 1. The van der Waals surface area contributed by atoms with Crippen LogP contribution in [0.25, 0.3) is 10.9 Å². The highest BCUT2D eigenvalue weighted by Gasteiger charge is 2.06. The minimum atomic E-state index is 0.0717. The number of aryl methyl sites for hydroxylation is 1. The first-order valence-corrected chi connectivity index (χ1v) is 14.6. The largest absolute Gasteiger partial charge is 0.378 e. The second-order valence-corrected chi connectivity index (χ2v) is 9.98. The van der Waals surface area contributed by atoms with Crippen molar-refractivity contribution in [1.29, 1.82) is 0 Å². The van der Waals surface area contributed by atoms with Crippen LogP contribution < -0.4 is 10.6 Å². The Morgan fingerprint density at radius 1 is 0.683 bits per heavy atom. The highest BCUT2D eigenvalue weighted by molar-refractivity contribution is 5.83. The summed E-state index contributed by atoms with van der Waals surface area (Å²) in [6.45, 7) is 6.21. The van der Waals surface area contributed by atoms with Gasteiger partial charge < -0.3 is 29.4 Å². The maximum Gasteiger partial charge on any atom is 0.220 e. The number of fused-ring (bicyclic) bond motifs is 1. The van der Waals surface area contributed by atoms with Crippen LogP contribution in [0.15, 0.2) is 91.1 Å². The Bertz CT molecular complexity index is 1280. The van der Waals surface area contributed by atoms with Crippen molar-refractivity contribution in [3.8, 4) is 0 Å². The smallest absolute Gasteiger partial charge is 0.220 e. The number of carbonyl (C=O) groups excluding carboxylic acids is 1. The molecule has 0 aliphatic heterocycles. The van der Waals surface area contributed by atoms with Crippen LogP contribution in [0.4, 0.5) is 0 Å². The van der Waals surface area contributed by atoms with Gasteiger partial charge in [0.15, 0.2) is 0 Å². The number of rotatable bonds is 20. The molecule has 0 atom stereocenters. The molecule has 1 heterocycles. The molecule has 0 fully saturated rings. The van der Waals surface area contributed by atoms with Gasteiger partial charge in [-0.2, -0.15) is 0 Å². The maximum absolute atomic E-state index is 11.9. The number of nitrogens with zero attached hydrogens (tertiary/aromatic N) is 1. The van der Waals surface area contributed by atoms with Gasteiger partial charge in [-0.05, 0) is 41.7 Å². The van der Waals surface area contributed by atoms with E-state index in [1.165, 1.54) is 27.6 Å². The molecule has 7 nitrogen and oxygen atoms in total. The Hall–Kier alpha value is -3.49. The van der Waals surface area contributed by atoms with Crippen molar-refractivity contribution >= 4 is 16.8 Å². The van der Waals surface area contributed by atoms with Gasteiger partial charge in [0.05, 0.1) is 39.6 Å². The van der Waals surface area contributed by atoms with Crippen LogP contribution in [0.2, 0.25) is 0 Å². The molecule has 218 valence electrons. The fourth-order valence-electron chi connectivity index (χ4n) is 4.72. The first-order chi connectivity index (χ1) is 20.3. The fourth-order valence-corrected chi connectivity index (χ4v) is 4.72. The van der Waals surface area contributed by atoms with Crippen molar-refractivity contribution < 1.29 is 19.0 Å². The number of nitrogens with one attached hydrogen (secondary N) is 2. The van der Waals surface area contributed by atoms with Gasteiger partial charge in [-0.1, -0.05) is 72.8 Å². The van der Waals surface area contributed by atoms with E-state index in [1.807, 2.05) is 18.2 Å². The zero-order chi connectivity index (χ0) is 28.4. The van der Waals surface area contributed by atoms with E-state index in [0.717, 1.165) is 32.5 Å². The van der Waals surface area contributed by atoms with Crippen molar-refractivity contribution in [2.75, 3.05) is 52.7 Å². The number of hydrogen-bond donors (Lipinski definition) is 2. The van der Waals surface area contributed by atoms with E-state index in [2.05, 4.69) is 88.1 Å². The van der Waals surface area contributed by atoms with E-state index in [1.54, 1.807) is 0 Å². The average Bonchev–Trinajstić information content (AvgIpc) is 3.41. The molecule has 4 aromatic rings. The molecule has 0 aliphatic carbocycles. The lowest BCUT2D eigenvalue weighted by Gasteiger charge is -2.10. The summed E-state index contributed by atoms with van der Waals surface area (Å²) < 4.78 is 19.1.